The lowest BCUT2D eigenvalue weighted by Crippen LogP contribution is -2.49. The molecule has 0 atom stereocenters. The number of aliphatic hydroxyl groups excluding tert-OH is 1. The molecule has 196 valence electrons. The van der Waals surface area contributed by atoms with Crippen LogP contribution in [0.25, 0.3) is 0 Å². The molecule has 1 aromatic carbocycles. The van der Waals surface area contributed by atoms with E-state index in [2.05, 4.69) is 44.7 Å². The van der Waals surface area contributed by atoms with Crippen molar-refractivity contribution in [2.24, 2.45) is 0 Å². The number of hydrogen-bond acceptors (Lipinski definition) is 8. The van der Waals surface area contributed by atoms with Crippen molar-refractivity contribution in [3.8, 4) is 0 Å². The van der Waals surface area contributed by atoms with Crippen LogP contribution in [-0.4, -0.2) is 89.9 Å². The predicted molar refractivity (Wildman–Crippen MR) is 136 cm³/mol. The molecular weight excluding hydrogens is 436 g/mol. The number of rotatable bonds is 18. The largest absolute Gasteiger partial charge is 0.398 e. The molecule has 0 radical (unpaired) electrons. The van der Waals surface area contributed by atoms with Gasteiger partial charge in [-0.05, 0) is 55.9 Å². The summed E-state index contributed by atoms with van der Waals surface area (Å²) in [5.41, 5.74) is 11.2. The Bertz CT molecular complexity index is 698. The maximum atomic E-state index is 8.60. The Balaban J connectivity index is 1.58. The van der Waals surface area contributed by atoms with E-state index in [9.17, 15) is 0 Å². The zero-order valence-electron chi connectivity index (χ0n) is 21.6. The van der Waals surface area contributed by atoms with Gasteiger partial charge in [-0.25, -0.2) is 0 Å². The molecule has 0 aliphatic carbocycles. The molecule has 8 nitrogen and oxygen atoms in total. The molecule has 0 fully saturated rings. The average molecular weight is 483 g/mol. The van der Waals surface area contributed by atoms with Gasteiger partial charge in [-0.1, -0.05) is 13.8 Å². The zero-order valence-corrected chi connectivity index (χ0v) is 21.6. The zero-order chi connectivity index (χ0) is 24.8. The molecule has 34 heavy (non-hydrogen) atoms. The van der Waals surface area contributed by atoms with Crippen LogP contribution in [0.1, 0.15) is 51.2 Å². The van der Waals surface area contributed by atoms with Crippen LogP contribution in [0.4, 0.5) is 11.4 Å². The normalized spacial score (nSPS) is 15.2. The number of aryl methyl sites for hydroxylation is 1. The van der Waals surface area contributed by atoms with Gasteiger partial charge in [0.15, 0.2) is 0 Å². The van der Waals surface area contributed by atoms with Crippen LogP contribution in [0.5, 0.6) is 0 Å². The van der Waals surface area contributed by atoms with Gasteiger partial charge < -0.3 is 39.4 Å². The van der Waals surface area contributed by atoms with Gasteiger partial charge >= 0.3 is 0 Å². The van der Waals surface area contributed by atoms with Gasteiger partial charge in [-0.3, -0.25) is 0 Å². The van der Waals surface area contributed by atoms with Crippen LogP contribution in [0.2, 0.25) is 0 Å². The highest BCUT2D eigenvalue weighted by atomic mass is 16.6. The Morgan fingerprint density at radius 2 is 1.35 bits per heavy atom. The minimum atomic E-state index is 0.0361. The highest BCUT2D eigenvalue weighted by Crippen LogP contribution is 2.40. The first-order valence-electron chi connectivity index (χ1n) is 12.6. The molecule has 0 amide bonds. The monoisotopic (exact) mass is 482 g/mol. The average Bonchev–Trinajstić information content (AvgIpc) is 2.79. The molecule has 0 saturated heterocycles. The van der Waals surface area contributed by atoms with Crippen LogP contribution in [-0.2, 0) is 30.1 Å². The Morgan fingerprint density at radius 1 is 0.853 bits per heavy atom. The van der Waals surface area contributed by atoms with E-state index in [1.807, 2.05) is 0 Å². The van der Waals surface area contributed by atoms with Crippen molar-refractivity contribution in [2.45, 2.75) is 52.0 Å². The van der Waals surface area contributed by atoms with Gasteiger partial charge in [0.2, 0.25) is 0 Å². The van der Waals surface area contributed by atoms with Gasteiger partial charge in [-0.15, -0.1) is 0 Å². The summed E-state index contributed by atoms with van der Waals surface area (Å²) < 4.78 is 27.4. The number of aliphatic hydroxyl groups is 1. The SMILES string of the molecule is CC(C)c1cc2c(cc1N)CCC(C)(C)N2CCOCCOCCOCCOCCOCCO. The number of nitrogen functional groups attached to an aromatic ring is 1. The van der Waals surface area contributed by atoms with Gasteiger partial charge in [0, 0.05) is 23.5 Å². The van der Waals surface area contributed by atoms with Gasteiger partial charge in [-0.2, -0.15) is 0 Å². The van der Waals surface area contributed by atoms with Gasteiger partial charge in [0.1, 0.15) is 0 Å². The number of nitrogens with two attached hydrogens (primary N) is 1. The minimum Gasteiger partial charge on any atom is -0.398 e. The van der Waals surface area contributed by atoms with Gasteiger partial charge in [0.25, 0.3) is 0 Å². The van der Waals surface area contributed by atoms with Crippen molar-refractivity contribution in [1.82, 2.24) is 0 Å². The molecular formula is C26H46N2O6. The number of nitrogens with zero attached hydrogens (tertiary/aromatic N) is 1. The number of ether oxygens (including phenoxy) is 5. The molecule has 0 aromatic heterocycles. The summed E-state index contributed by atoms with van der Waals surface area (Å²) >= 11 is 0. The summed E-state index contributed by atoms with van der Waals surface area (Å²) in [6.07, 6.45) is 2.16. The van der Waals surface area contributed by atoms with Crippen molar-refractivity contribution in [3.05, 3.63) is 23.3 Å². The first-order valence-corrected chi connectivity index (χ1v) is 12.6. The molecule has 2 rings (SSSR count). The van der Waals surface area contributed by atoms with Crippen LogP contribution in [0.3, 0.4) is 0 Å². The van der Waals surface area contributed by atoms with E-state index < -0.39 is 0 Å². The molecule has 0 saturated carbocycles. The second-order valence-electron chi connectivity index (χ2n) is 9.51. The quantitative estimate of drug-likeness (QED) is 0.244. The van der Waals surface area contributed by atoms with E-state index in [1.165, 1.54) is 16.8 Å². The lowest BCUT2D eigenvalue weighted by molar-refractivity contribution is -0.0130. The van der Waals surface area contributed by atoms with Crippen molar-refractivity contribution < 1.29 is 28.8 Å². The van der Waals surface area contributed by atoms with E-state index in [-0.39, 0.29) is 12.1 Å². The Labute approximate surface area is 205 Å². The van der Waals surface area contributed by atoms with Gasteiger partial charge in [0.05, 0.1) is 72.7 Å². The number of anilines is 2. The predicted octanol–water partition coefficient (Wildman–Crippen LogP) is 3.00. The number of benzene rings is 1. The molecule has 1 aliphatic rings. The van der Waals surface area contributed by atoms with E-state index >= 15 is 0 Å². The Hall–Kier alpha value is -1.42. The molecule has 0 unspecified atom stereocenters. The molecule has 0 bridgehead atoms. The molecule has 3 N–H and O–H groups in total. The summed E-state index contributed by atoms with van der Waals surface area (Å²) in [6.45, 7) is 15.1. The van der Waals surface area contributed by atoms with Crippen molar-refractivity contribution >= 4 is 11.4 Å². The molecule has 0 spiro atoms. The first kappa shape index (κ1) is 28.8. The Kier molecular flexibility index (Phi) is 13.2. The van der Waals surface area contributed by atoms with Crippen LogP contribution in [0.15, 0.2) is 12.1 Å². The Morgan fingerprint density at radius 3 is 1.85 bits per heavy atom. The fraction of sp³-hybridized carbons (Fsp3) is 0.769. The highest BCUT2D eigenvalue weighted by molar-refractivity contribution is 5.67. The molecule has 1 aromatic rings. The lowest BCUT2D eigenvalue weighted by atomic mass is 9.85. The van der Waals surface area contributed by atoms with Crippen molar-refractivity contribution in [3.63, 3.8) is 0 Å². The smallest absolute Gasteiger partial charge is 0.0701 e. The second kappa shape index (κ2) is 15.5. The maximum Gasteiger partial charge on any atom is 0.0701 e. The third kappa shape index (κ3) is 9.68. The summed E-state index contributed by atoms with van der Waals surface area (Å²) in [5.74, 6) is 0.402. The maximum absolute atomic E-state index is 8.60. The summed E-state index contributed by atoms with van der Waals surface area (Å²) in [6, 6.07) is 4.46. The number of hydrogen-bond donors (Lipinski definition) is 2. The van der Waals surface area contributed by atoms with E-state index in [0.29, 0.717) is 72.0 Å². The van der Waals surface area contributed by atoms with Crippen LogP contribution >= 0.6 is 0 Å². The van der Waals surface area contributed by atoms with Crippen molar-refractivity contribution in [2.75, 3.05) is 89.9 Å². The fourth-order valence-corrected chi connectivity index (χ4v) is 4.15. The molecule has 1 aliphatic heterocycles. The highest BCUT2D eigenvalue weighted by Gasteiger charge is 2.33. The molecule has 8 heteroatoms. The van der Waals surface area contributed by atoms with E-state index in [1.54, 1.807) is 0 Å². The second-order valence-corrected chi connectivity index (χ2v) is 9.51. The minimum absolute atomic E-state index is 0.0361. The third-order valence-electron chi connectivity index (χ3n) is 6.12. The summed E-state index contributed by atoms with van der Waals surface area (Å²) in [4.78, 5) is 2.48. The lowest BCUT2D eigenvalue weighted by Gasteiger charge is -2.45. The molecule has 1 heterocycles. The standard InChI is InChI=1S/C26H46N2O6/c1-21(2)23-20-25-22(19-24(23)27)5-6-26(3,4)28(25)7-9-30-11-13-32-15-17-34-18-16-33-14-12-31-10-8-29/h19-21,29H,5-18,27H2,1-4H3. The summed E-state index contributed by atoms with van der Waals surface area (Å²) in [5, 5.41) is 8.60. The van der Waals surface area contributed by atoms with Crippen molar-refractivity contribution in [1.29, 1.82) is 0 Å². The van der Waals surface area contributed by atoms with Crippen LogP contribution < -0.4 is 10.6 Å². The van der Waals surface area contributed by atoms with Crippen LogP contribution in [0, 0.1) is 0 Å². The number of fused-ring (bicyclic) bond motifs is 1. The van der Waals surface area contributed by atoms with E-state index in [0.717, 1.165) is 25.1 Å². The van der Waals surface area contributed by atoms with E-state index in [4.69, 9.17) is 34.5 Å². The first-order chi connectivity index (χ1) is 16.4. The topological polar surface area (TPSA) is 95.6 Å². The summed E-state index contributed by atoms with van der Waals surface area (Å²) in [7, 11) is 0. The third-order valence-corrected chi connectivity index (χ3v) is 6.12. The fourth-order valence-electron chi connectivity index (χ4n) is 4.15.